The van der Waals surface area contributed by atoms with Gasteiger partial charge in [-0.25, -0.2) is 4.98 Å². The van der Waals surface area contributed by atoms with Gasteiger partial charge in [-0.15, -0.1) is 11.3 Å². The summed E-state index contributed by atoms with van der Waals surface area (Å²) in [5.41, 5.74) is 16.0. The maximum atomic E-state index is 10.5. The fraction of sp³-hybridized carbons (Fsp3) is 0.200. The predicted octanol–water partition coefficient (Wildman–Crippen LogP) is -0.790. The van der Waals surface area contributed by atoms with Gasteiger partial charge in [0.05, 0.1) is 5.69 Å². The molecule has 0 saturated carbocycles. The maximum Gasteiger partial charge on any atom is 0.240 e. The van der Waals surface area contributed by atoms with Crippen molar-refractivity contribution in [2.75, 3.05) is 5.73 Å². The first kappa shape index (κ1) is 7.96. The summed E-state index contributed by atoms with van der Waals surface area (Å²) in [6.07, 6.45) is 0. The molecule has 0 saturated heterocycles. The standard InChI is InChI=1S/C5H8N4OS/c6-3(4(7)10)2-1-11-5(8)9-2/h1,3H,6H2,(H2,7,10)(H2,8,9). The third-order valence-corrected chi connectivity index (χ3v) is 1.86. The summed E-state index contributed by atoms with van der Waals surface area (Å²) in [6.45, 7) is 0. The highest BCUT2D eigenvalue weighted by Crippen LogP contribution is 2.15. The molecule has 1 amide bonds. The van der Waals surface area contributed by atoms with Gasteiger partial charge in [-0.1, -0.05) is 0 Å². The summed E-state index contributed by atoms with van der Waals surface area (Å²) in [5, 5.41) is 2.00. The number of nitrogens with two attached hydrogens (primary N) is 3. The van der Waals surface area contributed by atoms with E-state index in [2.05, 4.69) is 4.98 Å². The zero-order valence-electron chi connectivity index (χ0n) is 5.65. The monoisotopic (exact) mass is 172 g/mol. The van der Waals surface area contributed by atoms with E-state index in [1.54, 1.807) is 5.38 Å². The molecule has 1 atom stereocenters. The number of amides is 1. The molecule has 1 aromatic heterocycles. The molecule has 0 aliphatic carbocycles. The first-order valence-corrected chi connectivity index (χ1v) is 3.75. The van der Waals surface area contributed by atoms with Crippen LogP contribution < -0.4 is 17.2 Å². The van der Waals surface area contributed by atoms with Crippen molar-refractivity contribution in [2.45, 2.75) is 6.04 Å². The summed E-state index contributed by atoms with van der Waals surface area (Å²) in [7, 11) is 0. The molecular formula is C5H8N4OS. The molecule has 0 radical (unpaired) electrons. The Morgan fingerprint density at radius 2 is 2.36 bits per heavy atom. The smallest absolute Gasteiger partial charge is 0.240 e. The predicted molar refractivity (Wildman–Crippen MR) is 42.6 cm³/mol. The summed E-state index contributed by atoms with van der Waals surface area (Å²) in [6, 6.07) is -0.844. The molecule has 5 nitrogen and oxygen atoms in total. The fourth-order valence-electron chi connectivity index (χ4n) is 0.589. The molecule has 1 heterocycles. The lowest BCUT2D eigenvalue weighted by Crippen LogP contribution is -2.28. The number of nitrogens with zero attached hydrogens (tertiary/aromatic N) is 1. The van der Waals surface area contributed by atoms with Crippen LogP contribution in [-0.4, -0.2) is 10.9 Å². The number of rotatable bonds is 2. The van der Waals surface area contributed by atoms with Crippen molar-refractivity contribution in [3.05, 3.63) is 11.1 Å². The highest BCUT2D eigenvalue weighted by molar-refractivity contribution is 7.13. The largest absolute Gasteiger partial charge is 0.375 e. The average Bonchev–Trinajstić information content (AvgIpc) is 2.34. The molecule has 0 spiro atoms. The molecule has 0 aromatic carbocycles. The molecule has 6 heteroatoms. The van der Waals surface area contributed by atoms with Crippen LogP contribution in [0.1, 0.15) is 11.7 Å². The van der Waals surface area contributed by atoms with Gasteiger partial charge in [0.2, 0.25) is 5.91 Å². The van der Waals surface area contributed by atoms with Gasteiger partial charge < -0.3 is 17.2 Å². The summed E-state index contributed by atoms with van der Waals surface area (Å²) < 4.78 is 0. The molecule has 0 aliphatic heterocycles. The van der Waals surface area contributed by atoms with Crippen LogP contribution in [0.3, 0.4) is 0 Å². The number of carbonyl (C=O) groups is 1. The molecule has 0 fully saturated rings. The zero-order chi connectivity index (χ0) is 8.43. The lowest BCUT2D eigenvalue weighted by atomic mass is 10.2. The van der Waals surface area contributed by atoms with Crippen molar-refractivity contribution >= 4 is 22.4 Å². The minimum Gasteiger partial charge on any atom is -0.375 e. The first-order valence-electron chi connectivity index (χ1n) is 2.87. The summed E-state index contributed by atoms with van der Waals surface area (Å²) >= 11 is 1.23. The van der Waals surface area contributed by atoms with Crippen LogP contribution in [0.25, 0.3) is 0 Å². The quantitative estimate of drug-likeness (QED) is 0.543. The Balaban J connectivity index is 2.84. The molecule has 0 aliphatic rings. The molecular weight excluding hydrogens is 164 g/mol. The van der Waals surface area contributed by atoms with Crippen molar-refractivity contribution in [2.24, 2.45) is 11.5 Å². The maximum absolute atomic E-state index is 10.5. The van der Waals surface area contributed by atoms with E-state index in [4.69, 9.17) is 17.2 Å². The number of hydrogen-bond acceptors (Lipinski definition) is 5. The van der Waals surface area contributed by atoms with Gasteiger partial charge in [0.15, 0.2) is 5.13 Å². The van der Waals surface area contributed by atoms with Gasteiger partial charge in [-0.3, -0.25) is 4.79 Å². The van der Waals surface area contributed by atoms with E-state index in [1.165, 1.54) is 11.3 Å². The van der Waals surface area contributed by atoms with Crippen LogP contribution in [0.15, 0.2) is 5.38 Å². The number of hydrogen-bond donors (Lipinski definition) is 3. The lowest BCUT2D eigenvalue weighted by molar-refractivity contribution is -0.119. The Hall–Kier alpha value is -1.14. The van der Waals surface area contributed by atoms with Crippen molar-refractivity contribution in [3.8, 4) is 0 Å². The third-order valence-electron chi connectivity index (χ3n) is 1.16. The van der Waals surface area contributed by atoms with E-state index in [1.807, 2.05) is 0 Å². The van der Waals surface area contributed by atoms with E-state index in [9.17, 15) is 4.79 Å². The number of anilines is 1. The second-order valence-electron chi connectivity index (χ2n) is 1.99. The van der Waals surface area contributed by atoms with Gasteiger partial charge in [-0.2, -0.15) is 0 Å². The van der Waals surface area contributed by atoms with Crippen molar-refractivity contribution in [3.63, 3.8) is 0 Å². The van der Waals surface area contributed by atoms with Crippen LogP contribution in [-0.2, 0) is 4.79 Å². The van der Waals surface area contributed by atoms with Gasteiger partial charge in [0.25, 0.3) is 0 Å². The molecule has 6 N–H and O–H groups in total. The van der Waals surface area contributed by atoms with E-state index in [0.717, 1.165) is 0 Å². The number of thiazole rings is 1. The van der Waals surface area contributed by atoms with Gasteiger partial charge in [0, 0.05) is 5.38 Å². The molecule has 0 bridgehead atoms. The number of aromatic nitrogens is 1. The molecule has 1 unspecified atom stereocenters. The third kappa shape index (κ3) is 1.66. The van der Waals surface area contributed by atoms with Crippen molar-refractivity contribution in [1.29, 1.82) is 0 Å². The van der Waals surface area contributed by atoms with Crippen LogP contribution in [0.4, 0.5) is 5.13 Å². The van der Waals surface area contributed by atoms with E-state index in [0.29, 0.717) is 10.8 Å². The Kier molecular flexibility index (Phi) is 2.06. The van der Waals surface area contributed by atoms with E-state index < -0.39 is 11.9 Å². The SMILES string of the molecule is NC(=O)C(N)c1csc(N)n1. The van der Waals surface area contributed by atoms with Crippen LogP contribution in [0.5, 0.6) is 0 Å². The molecule has 1 aromatic rings. The topological polar surface area (TPSA) is 108 Å². The van der Waals surface area contributed by atoms with Crippen LogP contribution >= 0.6 is 11.3 Å². The Morgan fingerprint density at radius 3 is 2.73 bits per heavy atom. The van der Waals surface area contributed by atoms with Crippen LogP contribution in [0, 0.1) is 0 Å². The highest BCUT2D eigenvalue weighted by Gasteiger charge is 2.14. The first-order chi connectivity index (χ1) is 5.11. The highest BCUT2D eigenvalue weighted by atomic mass is 32.1. The number of nitrogen functional groups attached to an aromatic ring is 1. The average molecular weight is 172 g/mol. The van der Waals surface area contributed by atoms with Gasteiger partial charge in [-0.05, 0) is 0 Å². The Labute approximate surface area is 67.2 Å². The second kappa shape index (κ2) is 2.85. The normalized spacial score (nSPS) is 12.8. The van der Waals surface area contributed by atoms with Gasteiger partial charge in [0.1, 0.15) is 6.04 Å². The van der Waals surface area contributed by atoms with Crippen molar-refractivity contribution < 1.29 is 4.79 Å². The van der Waals surface area contributed by atoms with Gasteiger partial charge >= 0.3 is 0 Å². The molecule has 60 valence electrons. The van der Waals surface area contributed by atoms with Crippen molar-refractivity contribution in [1.82, 2.24) is 4.98 Å². The summed E-state index contributed by atoms with van der Waals surface area (Å²) in [4.78, 5) is 14.3. The Morgan fingerprint density at radius 1 is 1.73 bits per heavy atom. The fourth-order valence-corrected chi connectivity index (χ4v) is 1.19. The lowest BCUT2D eigenvalue weighted by Gasteiger charge is -2.00. The minimum atomic E-state index is -0.844. The Bertz CT molecular complexity index is 271. The number of carbonyl (C=O) groups excluding carboxylic acids is 1. The number of primary amides is 1. The van der Waals surface area contributed by atoms with E-state index >= 15 is 0 Å². The minimum absolute atomic E-state index is 0.386. The molecule has 11 heavy (non-hydrogen) atoms. The second-order valence-corrected chi connectivity index (χ2v) is 2.88. The van der Waals surface area contributed by atoms with E-state index in [-0.39, 0.29) is 0 Å². The zero-order valence-corrected chi connectivity index (χ0v) is 6.47. The molecule has 1 rings (SSSR count). The summed E-state index contributed by atoms with van der Waals surface area (Å²) in [5.74, 6) is -0.602. The van der Waals surface area contributed by atoms with Crippen LogP contribution in [0.2, 0.25) is 0 Å².